The van der Waals surface area contributed by atoms with Crippen LogP contribution in [0.1, 0.15) is 36.6 Å². The van der Waals surface area contributed by atoms with E-state index >= 15 is 0 Å². The van der Waals surface area contributed by atoms with E-state index in [0.717, 1.165) is 29.6 Å². The second kappa shape index (κ2) is 14.9. The number of aromatic nitrogens is 1. The van der Waals surface area contributed by atoms with Crippen molar-refractivity contribution >= 4 is 85.0 Å². The highest BCUT2D eigenvalue weighted by Gasteiger charge is 2.32. The van der Waals surface area contributed by atoms with Gasteiger partial charge in [0.05, 0.1) is 35.6 Å². The van der Waals surface area contributed by atoms with E-state index in [1.807, 2.05) is 98.8 Å². The molecule has 0 radical (unpaired) electrons. The molecule has 250 valence electrons. The second-order valence-electron chi connectivity index (χ2n) is 11.6. The Bertz CT molecular complexity index is 2430. The number of benzene rings is 5. The van der Waals surface area contributed by atoms with Gasteiger partial charge in [0.25, 0.3) is 11.5 Å². The first kappa shape index (κ1) is 34.2. The Morgan fingerprint density at radius 2 is 1.62 bits per heavy atom. The molecule has 0 fully saturated rings. The molecule has 0 saturated carbocycles. The predicted octanol–water partition coefficient (Wildman–Crippen LogP) is 8.21. The van der Waals surface area contributed by atoms with E-state index in [2.05, 4.69) is 80.8 Å². The lowest BCUT2D eigenvalue weighted by Gasteiger charge is -2.25. The number of amides is 1. The van der Waals surface area contributed by atoms with Crippen molar-refractivity contribution in [3.63, 3.8) is 0 Å². The van der Waals surface area contributed by atoms with E-state index in [9.17, 15) is 9.59 Å². The summed E-state index contributed by atoms with van der Waals surface area (Å²) < 4.78 is 16.1. The number of carbonyl (C=O) groups excluding carboxylic acids is 1. The Balaban J connectivity index is 1.25. The normalized spacial score (nSPS) is 14.3. The molecule has 7 rings (SSSR count). The van der Waals surface area contributed by atoms with Gasteiger partial charge in [-0.3, -0.25) is 14.2 Å². The van der Waals surface area contributed by atoms with Crippen molar-refractivity contribution in [1.82, 2.24) is 4.57 Å². The van der Waals surface area contributed by atoms with E-state index in [1.54, 1.807) is 4.57 Å². The van der Waals surface area contributed by atoms with Gasteiger partial charge in [0.1, 0.15) is 18.1 Å². The molecule has 1 aliphatic heterocycles. The maximum absolute atomic E-state index is 14.3. The van der Waals surface area contributed by atoms with Crippen LogP contribution in [0.4, 0.5) is 5.69 Å². The molecule has 0 unspecified atom stereocenters. The standard InChI is InChI=1S/C40H31I2N3O4S/c1-3-48-30-18-16-27(17-19-30)36-35(38(46)44-29-13-5-4-6-14-29)24(2)43-40-45(36)39(47)34(50-40)22-25-20-32(41)37(33(42)21-25)49-23-28-12-9-11-26-10-7-8-15-31(26)28/h4-22,36H,3,23H2,1-2H3,(H,44,46)/b34-22-/t36-/m1/s1. The number of nitrogens with zero attached hydrogens (tertiary/aromatic N) is 2. The summed E-state index contributed by atoms with van der Waals surface area (Å²) in [5.41, 5.74) is 4.19. The predicted molar refractivity (Wildman–Crippen MR) is 217 cm³/mol. The highest BCUT2D eigenvalue weighted by Crippen LogP contribution is 2.33. The van der Waals surface area contributed by atoms with Crippen LogP contribution in [-0.2, 0) is 11.4 Å². The molecule has 1 amide bonds. The van der Waals surface area contributed by atoms with Crippen molar-refractivity contribution in [3.8, 4) is 11.5 Å². The van der Waals surface area contributed by atoms with E-state index in [4.69, 9.17) is 14.5 Å². The molecule has 0 saturated heterocycles. The van der Waals surface area contributed by atoms with Crippen LogP contribution in [0.15, 0.2) is 130 Å². The molecule has 0 aliphatic carbocycles. The Labute approximate surface area is 320 Å². The molecule has 50 heavy (non-hydrogen) atoms. The number of hydrogen-bond donors (Lipinski definition) is 1. The molecule has 7 nitrogen and oxygen atoms in total. The first-order chi connectivity index (χ1) is 24.3. The molecular weight excluding hydrogens is 872 g/mol. The molecule has 0 bridgehead atoms. The summed E-state index contributed by atoms with van der Waals surface area (Å²) in [5.74, 6) is 1.21. The number of hydrogen-bond acceptors (Lipinski definition) is 6. The average molecular weight is 904 g/mol. The highest BCUT2D eigenvalue weighted by atomic mass is 127. The van der Waals surface area contributed by atoms with Crippen molar-refractivity contribution in [2.45, 2.75) is 26.5 Å². The molecule has 1 atom stereocenters. The van der Waals surface area contributed by atoms with Crippen molar-refractivity contribution < 1.29 is 14.3 Å². The van der Waals surface area contributed by atoms with E-state index in [0.29, 0.717) is 45.3 Å². The number of fused-ring (bicyclic) bond motifs is 2. The average Bonchev–Trinajstić information content (AvgIpc) is 3.41. The molecule has 2 heterocycles. The SMILES string of the molecule is CCOc1ccc([C@@H]2C(C(=O)Nc3ccccc3)=C(C)N=c3s/c(=C\c4cc(I)c(OCc5cccc6ccccc56)c(I)c4)c(=O)n32)cc1. The second-order valence-corrected chi connectivity index (χ2v) is 15.0. The van der Waals surface area contributed by atoms with Crippen LogP contribution in [0.2, 0.25) is 0 Å². The van der Waals surface area contributed by atoms with E-state index < -0.39 is 6.04 Å². The Morgan fingerprint density at radius 1 is 0.920 bits per heavy atom. The zero-order valence-electron chi connectivity index (χ0n) is 27.2. The topological polar surface area (TPSA) is 81.9 Å². The maximum Gasteiger partial charge on any atom is 0.271 e. The van der Waals surface area contributed by atoms with Gasteiger partial charge in [-0.15, -0.1) is 0 Å². The number of carbonyl (C=O) groups is 1. The third kappa shape index (κ3) is 7.01. The molecule has 6 aromatic rings. The van der Waals surface area contributed by atoms with Gasteiger partial charge in [-0.1, -0.05) is 84.1 Å². The number of thiazole rings is 1. The van der Waals surface area contributed by atoms with Crippen LogP contribution in [0.25, 0.3) is 16.8 Å². The first-order valence-corrected chi connectivity index (χ1v) is 19.0. The summed E-state index contributed by atoms with van der Waals surface area (Å²) in [6.07, 6.45) is 1.89. The number of ether oxygens (including phenoxy) is 2. The van der Waals surface area contributed by atoms with Gasteiger partial charge in [-0.05, 0) is 129 Å². The van der Waals surface area contributed by atoms with E-state index in [1.165, 1.54) is 22.1 Å². The Morgan fingerprint density at radius 3 is 2.36 bits per heavy atom. The quantitative estimate of drug-likeness (QED) is 0.149. The molecule has 5 aromatic carbocycles. The third-order valence-electron chi connectivity index (χ3n) is 8.38. The van der Waals surface area contributed by atoms with Gasteiger partial charge in [-0.25, -0.2) is 4.99 Å². The lowest BCUT2D eigenvalue weighted by molar-refractivity contribution is -0.113. The van der Waals surface area contributed by atoms with E-state index in [-0.39, 0.29) is 11.5 Å². The van der Waals surface area contributed by atoms with Crippen molar-refractivity contribution in [2.24, 2.45) is 4.99 Å². The van der Waals surface area contributed by atoms with Crippen molar-refractivity contribution in [3.05, 3.63) is 164 Å². The van der Waals surface area contributed by atoms with Crippen molar-refractivity contribution in [1.29, 1.82) is 0 Å². The molecule has 1 aliphatic rings. The van der Waals surface area contributed by atoms with Gasteiger partial charge >= 0.3 is 0 Å². The monoisotopic (exact) mass is 903 g/mol. The smallest absolute Gasteiger partial charge is 0.271 e. The third-order valence-corrected chi connectivity index (χ3v) is 11.0. The first-order valence-electron chi connectivity index (χ1n) is 16.0. The summed E-state index contributed by atoms with van der Waals surface area (Å²) in [6.45, 7) is 4.73. The zero-order valence-corrected chi connectivity index (χ0v) is 32.3. The molecule has 1 N–H and O–H groups in total. The van der Waals surface area contributed by atoms with Gasteiger partial charge in [0.15, 0.2) is 4.80 Å². The van der Waals surface area contributed by atoms with Gasteiger partial charge in [-0.2, -0.15) is 0 Å². The number of rotatable bonds is 9. The Kier molecular flexibility index (Phi) is 10.2. The molecule has 0 spiro atoms. The van der Waals surface area contributed by atoms with Crippen LogP contribution < -0.4 is 29.7 Å². The number of nitrogens with one attached hydrogen (secondary N) is 1. The van der Waals surface area contributed by atoms with Crippen molar-refractivity contribution in [2.75, 3.05) is 11.9 Å². The molecule has 10 heteroatoms. The van der Waals surface area contributed by atoms with Crippen LogP contribution in [0.5, 0.6) is 11.5 Å². The fraction of sp³-hybridized carbons (Fsp3) is 0.125. The summed E-state index contributed by atoms with van der Waals surface area (Å²) in [5, 5.41) is 5.35. The molecular formula is C40H31I2N3O4S. The number of para-hydroxylation sites is 1. The largest absolute Gasteiger partial charge is 0.494 e. The summed E-state index contributed by atoms with van der Waals surface area (Å²) >= 11 is 5.90. The zero-order chi connectivity index (χ0) is 34.8. The Hall–Kier alpha value is -4.27. The lowest BCUT2D eigenvalue weighted by atomic mass is 9.95. The number of anilines is 1. The highest BCUT2D eigenvalue weighted by molar-refractivity contribution is 14.1. The minimum Gasteiger partial charge on any atom is -0.494 e. The summed E-state index contributed by atoms with van der Waals surface area (Å²) in [6, 6.07) is 34.7. The van der Waals surface area contributed by atoms with Gasteiger partial charge in [0, 0.05) is 5.69 Å². The lowest BCUT2D eigenvalue weighted by Crippen LogP contribution is -2.40. The summed E-state index contributed by atoms with van der Waals surface area (Å²) in [4.78, 5) is 33.5. The summed E-state index contributed by atoms with van der Waals surface area (Å²) in [7, 11) is 0. The van der Waals surface area contributed by atoms with Gasteiger partial charge < -0.3 is 14.8 Å². The van der Waals surface area contributed by atoms with Crippen LogP contribution in [0.3, 0.4) is 0 Å². The molecule has 1 aromatic heterocycles. The van der Waals surface area contributed by atoms with Gasteiger partial charge in [0.2, 0.25) is 0 Å². The van der Waals surface area contributed by atoms with Crippen LogP contribution >= 0.6 is 56.5 Å². The fourth-order valence-electron chi connectivity index (χ4n) is 6.08. The number of halogens is 2. The minimum absolute atomic E-state index is 0.216. The maximum atomic E-state index is 14.3. The van der Waals surface area contributed by atoms with Crippen LogP contribution in [-0.4, -0.2) is 17.1 Å². The van der Waals surface area contributed by atoms with Crippen LogP contribution in [0, 0.1) is 7.14 Å². The number of allylic oxidation sites excluding steroid dienone is 1. The fourth-order valence-corrected chi connectivity index (χ4v) is 9.25. The minimum atomic E-state index is -0.682.